The summed E-state index contributed by atoms with van der Waals surface area (Å²) in [7, 11) is 1.63. The van der Waals surface area contributed by atoms with E-state index in [4.69, 9.17) is 21.1 Å². The monoisotopic (exact) mass is 514 g/mol. The Balaban J connectivity index is 1.42. The van der Waals surface area contributed by atoms with Crippen molar-refractivity contribution in [3.8, 4) is 5.75 Å². The molecule has 11 heteroatoms. The third kappa shape index (κ3) is 4.33. The van der Waals surface area contributed by atoms with Crippen LogP contribution in [-0.4, -0.2) is 58.3 Å². The largest absolute Gasteiger partial charge is 0.495 e. The van der Waals surface area contributed by atoms with Crippen LogP contribution in [0.25, 0.3) is 0 Å². The second-order valence-electron chi connectivity index (χ2n) is 8.38. The highest BCUT2D eigenvalue weighted by atomic mass is 35.5. The molecule has 1 fully saturated rings. The van der Waals surface area contributed by atoms with Crippen molar-refractivity contribution in [2.75, 3.05) is 43.3 Å². The third-order valence-electron chi connectivity index (χ3n) is 6.10. The van der Waals surface area contributed by atoms with Crippen molar-refractivity contribution in [3.63, 3.8) is 0 Å². The number of hydrogen-bond acceptors (Lipinski definition) is 9. The molecule has 35 heavy (non-hydrogen) atoms. The number of aromatic nitrogens is 2. The molecule has 0 radical (unpaired) electrons. The van der Waals surface area contributed by atoms with Crippen molar-refractivity contribution in [2.45, 2.75) is 16.9 Å². The van der Waals surface area contributed by atoms with Crippen molar-refractivity contribution in [1.82, 2.24) is 9.97 Å². The molecule has 1 atom stereocenters. The lowest BCUT2D eigenvalue weighted by Gasteiger charge is -2.47. The summed E-state index contributed by atoms with van der Waals surface area (Å²) in [6.45, 7) is 0.545. The van der Waals surface area contributed by atoms with Crippen LogP contribution in [0.1, 0.15) is 21.6 Å². The maximum absolute atomic E-state index is 12.7. The number of rotatable bonds is 6. The van der Waals surface area contributed by atoms with Crippen molar-refractivity contribution in [3.05, 3.63) is 64.3 Å². The molecule has 3 heterocycles. The fourth-order valence-corrected chi connectivity index (χ4v) is 5.82. The first kappa shape index (κ1) is 23.5. The SMILES string of the molecule is COC(=O)c1cccc(Nc2nc(N3CC(O)(c4ccc(OC)c(Cl)c4)C3)nc3c2[S@](=O)CC3)c1. The summed E-state index contributed by atoms with van der Waals surface area (Å²) in [5, 5.41) is 14.8. The number of β-amino-alcohol motifs (C(OH)–C–C–N with tert-alkyl or cyclic N) is 1. The molecule has 2 aromatic carbocycles. The summed E-state index contributed by atoms with van der Waals surface area (Å²) >= 11 is 6.24. The molecular weight excluding hydrogens is 492 g/mol. The lowest BCUT2D eigenvalue weighted by atomic mass is 9.86. The van der Waals surface area contributed by atoms with Gasteiger partial charge in [-0.05, 0) is 35.9 Å². The Hall–Kier alpha value is -3.21. The lowest BCUT2D eigenvalue weighted by molar-refractivity contribution is 0.00648. The summed E-state index contributed by atoms with van der Waals surface area (Å²) in [6, 6.07) is 12.0. The number of benzene rings is 2. The van der Waals surface area contributed by atoms with Gasteiger partial charge in [0, 0.05) is 17.9 Å². The zero-order valence-electron chi connectivity index (χ0n) is 19.1. The second kappa shape index (κ2) is 9.10. The van der Waals surface area contributed by atoms with Crippen molar-refractivity contribution >= 4 is 45.8 Å². The van der Waals surface area contributed by atoms with E-state index in [2.05, 4.69) is 15.3 Å². The van der Waals surface area contributed by atoms with Crippen LogP contribution in [0.3, 0.4) is 0 Å². The number of carbonyl (C=O) groups excluding carboxylic acids is 1. The molecule has 0 amide bonds. The second-order valence-corrected chi connectivity index (χ2v) is 10.3. The Morgan fingerprint density at radius 3 is 2.71 bits per heavy atom. The number of fused-ring (bicyclic) bond motifs is 1. The quantitative estimate of drug-likeness (QED) is 0.479. The van der Waals surface area contributed by atoms with E-state index in [9.17, 15) is 14.1 Å². The number of hydrogen-bond donors (Lipinski definition) is 2. The highest BCUT2D eigenvalue weighted by Crippen LogP contribution is 2.39. The topological polar surface area (TPSA) is 114 Å². The van der Waals surface area contributed by atoms with E-state index in [0.717, 1.165) is 0 Å². The molecule has 0 aliphatic carbocycles. The Morgan fingerprint density at radius 2 is 2.00 bits per heavy atom. The Morgan fingerprint density at radius 1 is 1.20 bits per heavy atom. The van der Waals surface area contributed by atoms with Gasteiger partial charge < -0.3 is 24.8 Å². The van der Waals surface area contributed by atoms with Gasteiger partial charge in [-0.25, -0.2) is 9.78 Å². The summed E-state index contributed by atoms with van der Waals surface area (Å²) in [5.41, 5.74) is 1.28. The molecule has 5 rings (SSSR count). The van der Waals surface area contributed by atoms with Gasteiger partial charge in [-0.15, -0.1) is 0 Å². The number of methoxy groups -OCH3 is 2. The number of nitrogens with one attached hydrogen (secondary N) is 1. The average Bonchev–Trinajstić information content (AvgIpc) is 3.22. The van der Waals surface area contributed by atoms with Crippen molar-refractivity contribution in [1.29, 1.82) is 0 Å². The fraction of sp³-hybridized carbons (Fsp3) is 0.292. The standard InChI is InChI=1S/C24H23ClN4O5S/c1-33-19-7-6-15(11-17(19)25)24(31)12-29(13-24)23-27-18-8-9-35(32)20(18)21(28-23)26-16-5-3-4-14(10-16)22(30)34-2/h3-7,10-11,31H,8-9,12-13H2,1-2H3,(H,26,27,28)/t35-/m1/s1. The number of halogens is 1. The van der Waals surface area contributed by atoms with Gasteiger partial charge in [-0.1, -0.05) is 23.7 Å². The molecule has 1 saturated heterocycles. The third-order valence-corrected chi connectivity index (χ3v) is 7.85. The number of aliphatic hydroxyl groups is 1. The first-order valence-corrected chi connectivity index (χ1v) is 12.6. The predicted octanol–water partition coefficient (Wildman–Crippen LogP) is 3.04. The predicted molar refractivity (Wildman–Crippen MR) is 132 cm³/mol. The molecule has 2 aliphatic rings. The Kier molecular flexibility index (Phi) is 6.12. The summed E-state index contributed by atoms with van der Waals surface area (Å²) in [6.07, 6.45) is 0.570. The van der Waals surface area contributed by atoms with Crippen LogP contribution in [0.15, 0.2) is 47.4 Å². The molecule has 9 nitrogen and oxygen atoms in total. The molecule has 0 unspecified atom stereocenters. The molecule has 2 N–H and O–H groups in total. The number of aryl methyl sites for hydroxylation is 1. The van der Waals surface area contributed by atoms with E-state index in [0.29, 0.717) is 62.1 Å². The number of nitrogens with zero attached hydrogens (tertiary/aromatic N) is 3. The molecule has 182 valence electrons. The van der Waals surface area contributed by atoms with Crippen LogP contribution in [0.4, 0.5) is 17.5 Å². The minimum Gasteiger partial charge on any atom is -0.495 e. The van der Waals surface area contributed by atoms with Gasteiger partial charge in [0.25, 0.3) is 0 Å². The van der Waals surface area contributed by atoms with Crippen LogP contribution >= 0.6 is 11.6 Å². The van der Waals surface area contributed by atoms with E-state index in [1.165, 1.54) is 14.2 Å². The van der Waals surface area contributed by atoms with Crippen molar-refractivity contribution in [2.24, 2.45) is 0 Å². The van der Waals surface area contributed by atoms with E-state index >= 15 is 0 Å². The van der Waals surface area contributed by atoms with Crippen molar-refractivity contribution < 1.29 is 23.6 Å². The first-order valence-electron chi connectivity index (χ1n) is 10.9. The summed E-state index contributed by atoms with van der Waals surface area (Å²) < 4.78 is 22.7. The first-order chi connectivity index (χ1) is 16.8. The molecule has 3 aromatic rings. The molecule has 1 aromatic heterocycles. The normalized spacial score (nSPS) is 17.9. The zero-order valence-corrected chi connectivity index (χ0v) is 20.7. The minimum absolute atomic E-state index is 0.273. The van der Waals surface area contributed by atoms with Crippen LogP contribution in [0.5, 0.6) is 5.75 Å². The number of esters is 1. The van der Waals surface area contributed by atoms with Crippen LogP contribution in [0.2, 0.25) is 5.02 Å². The highest BCUT2D eigenvalue weighted by Gasteiger charge is 2.45. The van der Waals surface area contributed by atoms with E-state index in [-0.39, 0.29) is 13.1 Å². The highest BCUT2D eigenvalue weighted by molar-refractivity contribution is 7.85. The van der Waals surface area contributed by atoms with Gasteiger partial charge in [0.05, 0.1) is 54.4 Å². The number of ether oxygens (including phenoxy) is 2. The van der Waals surface area contributed by atoms with Gasteiger partial charge in [-0.2, -0.15) is 4.98 Å². The Bertz CT molecular complexity index is 1350. The van der Waals surface area contributed by atoms with Gasteiger partial charge in [0.1, 0.15) is 16.2 Å². The number of anilines is 3. The summed E-state index contributed by atoms with van der Waals surface area (Å²) in [5.74, 6) is 1.41. The lowest BCUT2D eigenvalue weighted by Crippen LogP contribution is -2.60. The minimum atomic E-state index is -1.23. The van der Waals surface area contributed by atoms with Gasteiger partial charge in [0.15, 0.2) is 5.82 Å². The van der Waals surface area contributed by atoms with E-state index in [1.807, 2.05) is 4.90 Å². The van der Waals surface area contributed by atoms with Gasteiger partial charge in [-0.3, -0.25) is 4.21 Å². The maximum Gasteiger partial charge on any atom is 0.337 e. The molecule has 0 saturated carbocycles. The van der Waals surface area contributed by atoms with E-state index in [1.54, 1.807) is 42.5 Å². The zero-order chi connectivity index (χ0) is 24.7. The molecular formula is C24H23ClN4O5S. The average molecular weight is 515 g/mol. The van der Waals surface area contributed by atoms with Crippen LogP contribution in [0, 0.1) is 0 Å². The Labute approximate surface area is 209 Å². The van der Waals surface area contributed by atoms with Gasteiger partial charge in [0.2, 0.25) is 5.95 Å². The van der Waals surface area contributed by atoms with Crippen LogP contribution < -0.4 is 15.0 Å². The van der Waals surface area contributed by atoms with Gasteiger partial charge >= 0.3 is 5.97 Å². The van der Waals surface area contributed by atoms with E-state index < -0.39 is 22.4 Å². The number of carbonyl (C=O) groups is 1. The smallest absolute Gasteiger partial charge is 0.337 e. The molecule has 2 aliphatic heterocycles. The maximum atomic E-state index is 12.7. The summed E-state index contributed by atoms with van der Waals surface area (Å²) in [4.78, 5) is 23.6. The molecule has 0 bridgehead atoms. The van der Waals surface area contributed by atoms with Crippen LogP contribution in [-0.2, 0) is 27.6 Å². The fourth-order valence-electron chi connectivity index (χ4n) is 4.25. The molecule has 0 spiro atoms.